The van der Waals surface area contributed by atoms with Crippen LogP contribution in [-0.2, 0) is 9.47 Å². The monoisotopic (exact) mass is 272 g/mol. The summed E-state index contributed by atoms with van der Waals surface area (Å²) >= 11 is 0. The van der Waals surface area contributed by atoms with Crippen LogP contribution in [-0.4, -0.2) is 36.6 Å². The van der Waals surface area contributed by atoms with E-state index in [9.17, 15) is 5.11 Å². The second-order valence-corrected chi connectivity index (χ2v) is 6.56. The molecule has 0 heterocycles. The molecule has 1 aliphatic rings. The zero-order valence-electron chi connectivity index (χ0n) is 13.3. The van der Waals surface area contributed by atoms with Gasteiger partial charge in [-0.25, -0.2) is 0 Å². The van der Waals surface area contributed by atoms with Gasteiger partial charge < -0.3 is 14.6 Å². The normalized spacial score (nSPS) is 30.3. The molecule has 4 atom stereocenters. The van der Waals surface area contributed by atoms with Crippen molar-refractivity contribution >= 4 is 0 Å². The molecule has 1 N–H and O–H groups in total. The molecule has 19 heavy (non-hydrogen) atoms. The van der Waals surface area contributed by atoms with Gasteiger partial charge in [0.2, 0.25) is 0 Å². The van der Waals surface area contributed by atoms with Crippen LogP contribution < -0.4 is 0 Å². The van der Waals surface area contributed by atoms with Crippen LogP contribution in [0.5, 0.6) is 0 Å². The van der Waals surface area contributed by atoms with Gasteiger partial charge in [-0.3, -0.25) is 0 Å². The van der Waals surface area contributed by atoms with E-state index in [1.54, 1.807) is 0 Å². The van der Waals surface area contributed by atoms with Crippen molar-refractivity contribution in [1.29, 1.82) is 0 Å². The molecule has 1 saturated carbocycles. The maximum Gasteiger partial charge on any atom is 0.0841 e. The van der Waals surface area contributed by atoms with Crippen molar-refractivity contribution in [1.82, 2.24) is 0 Å². The summed E-state index contributed by atoms with van der Waals surface area (Å²) in [5.41, 5.74) is 0.338. The van der Waals surface area contributed by atoms with Gasteiger partial charge in [-0.1, -0.05) is 27.2 Å². The quantitative estimate of drug-likeness (QED) is 0.772. The van der Waals surface area contributed by atoms with E-state index >= 15 is 0 Å². The minimum Gasteiger partial charge on any atom is -0.390 e. The molecule has 0 aromatic heterocycles. The average molecular weight is 272 g/mol. The lowest BCUT2D eigenvalue weighted by Crippen LogP contribution is -2.42. The van der Waals surface area contributed by atoms with E-state index in [1.807, 2.05) is 13.8 Å². The lowest BCUT2D eigenvalue weighted by Gasteiger charge is -2.42. The summed E-state index contributed by atoms with van der Waals surface area (Å²) in [6.07, 6.45) is 3.84. The molecule has 0 spiro atoms. The summed E-state index contributed by atoms with van der Waals surface area (Å²) in [6, 6.07) is 0. The largest absolute Gasteiger partial charge is 0.390 e. The average Bonchev–Trinajstić information content (AvgIpc) is 2.38. The van der Waals surface area contributed by atoms with Gasteiger partial charge in [0.15, 0.2) is 0 Å². The summed E-state index contributed by atoms with van der Waals surface area (Å²) in [5.74, 6) is 0.644. The van der Waals surface area contributed by atoms with Gasteiger partial charge >= 0.3 is 0 Å². The molecular formula is C16H32O3. The van der Waals surface area contributed by atoms with Gasteiger partial charge in [-0.15, -0.1) is 0 Å². The SMILES string of the molecule is CCOCC(C)OC1CC(C(C)(C)CC)CCC1O. The lowest BCUT2D eigenvalue weighted by atomic mass is 9.68. The number of aliphatic hydroxyl groups is 1. The molecule has 1 rings (SSSR count). The highest BCUT2D eigenvalue weighted by Gasteiger charge is 2.37. The Kier molecular flexibility index (Phi) is 6.78. The molecule has 1 fully saturated rings. The van der Waals surface area contributed by atoms with E-state index in [0.717, 1.165) is 19.3 Å². The zero-order chi connectivity index (χ0) is 14.5. The predicted molar refractivity (Wildman–Crippen MR) is 78.2 cm³/mol. The van der Waals surface area contributed by atoms with Crippen molar-refractivity contribution in [2.24, 2.45) is 11.3 Å². The molecular weight excluding hydrogens is 240 g/mol. The molecule has 4 unspecified atom stereocenters. The maximum absolute atomic E-state index is 10.1. The molecule has 1 aliphatic carbocycles. The molecule has 0 aromatic rings. The molecule has 0 aromatic carbocycles. The summed E-state index contributed by atoms with van der Waals surface area (Å²) in [7, 11) is 0. The van der Waals surface area contributed by atoms with Crippen molar-refractivity contribution in [3.8, 4) is 0 Å². The molecule has 0 bridgehead atoms. The van der Waals surface area contributed by atoms with Crippen molar-refractivity contribution < 1.29 is 14.6 Å². The molecule has 3 heteroatoms. The van der Waals surface area contributed by atoms with Crippen LogP contribution in [0.3, 0.4) is 0 Å². The Hall–Kier alpha value is -0.120. The Morgan fingerprint density at radius 1 is 1.26 bits per heavy atom. The first-order valence-electron chi connectivity index (χ1n) is 7.82. The summed E-state index contributed by atoms with van der Waals surface area (Å²) in [6.45, 7) is 12.2. The number of rotatable bonds is 7. The molecule has 114 valence electrons. The fourth-order valence-electron chi connectivity index (χ4n) is 2.88. The van der Waals surface area contributed by atoms with Gasteiger partial charge in [0.25, 0.3) is 0 Å². The van der Waals surface area contributed by atoms with E-state index in [1.165, 1.54) is 6.42 Å². The van der Waals surface area contributed by atoms with E-state index in [2.05, 4.69) is 20.8 Å². The Labute approximate surface area is 118 Å². The smallest absolute Gasteiger partial charge is 0.0841 e. The predicted octanol–water partition coefficient (Wildman–Crippen LogP) is 3.39. The first-order chi connectivity index (χ1) is 8.90. The summed E-state index contributed by atoms with van der Waals surface area (Å²) < 4.78 is 11.4. The topological polar surface area (TPSA) is 38.7 Å². The third-order valence-electron chi connectivity index (χ3n) is 4.74. The van der Waals surface area contributed by atoms with Crippen molar-refractivity contribution in [3.63, 3.8) is 0 Å². The van der Waals surface area contributed by atoms with Gasteiger partial charge in [-0.05, 0) is 44.4 Å². The Morgan fingerprint density at radius 3 is 2.53 bits per heavy atom. The zero-order valence-corrected chi connectivity index (χ0v) is 13.3. The van der Waals surface area contributed by atoms with Crippen molar-refractivity contribution in [3.05, 3.63) is 0 Å². The second kappa shape index (κ2) is 7.61. The van der Waals surface area contributed by atoms with Crippen LogP contribution >= 0.6 is 0 Å². The lowest BCUT2D eigenvalue weighted by molar-refractivity contribution is -0.125. The fraction of sp³-hybridized carbons (Fsp3) is 1.00. The molecule has 0 saturated heterocycles. The Balaban J connectivity index is 2.51. The van der Waals surface area contributed by atoms with Crippen LogP contribution in [0, 0.1) is 11.3 Å². The molecule has 0 aliphatic heterocycles. The Bertz CT molecular complexity index is 252. The van der Waals surface area contributed by atoms with Gasteiger partial charge in [0.05, 0.1) is 24.9 Å². The highest BCUT2D eigenvalue weighted by molar-refractivity contribution is 4.88. The van der Waals surface area contributed by atoms with Crippen molar-refractivity contribution in [2.75, 3.05) is 13.2 Å². The third kappa shape index (κ3) is 5.05. The van der Waals surface area contributed by atoms with E-state index in [0.29, 0.717) is 24.5 Å². The van der Waals surface area contributed by atoms with Gasteiger partial charge in [0.1, 0.15) is 0 Å². The summed E-state index contributed by atoms with van der Waals surface area (Å²) in [4.78, 5) is 0. The minimum absolute atomic E-state index is 0.0277. The Morgan fingerprint density at radius 2 is 1.95 bits per heavy atom. The van der Waals surface area contributed by atoms with E-state index in [4.69, 9.17) is 9.47 Å². The first kappa shape index (κ1) is 16.9. The van der Waals surface area contributed by atoms with E-state index < -0.39 is 0 Å². The number of aliphatic hydroxyl groups excluding tert-OH is 1. The number of hydrogen-bond donors (Lipinski definition) is 1. The number of ether oxygens (including phenoxy) is 2. The van der Waals surface area contributed by atoms with E-state index in [-0.39, 0.29) is 18.3 Å². The minimum atomic E-state index is -0.312. The molecule has 0 radical (unpaired) electrons. The highest BCUT2D eigenvalue weighted by atomic mass is 16.5. The highest BCUT2D eigenvalue weighted by Crippen LogP contribution is 2.41. The first-order valence-corrected chi connectivity index (χ1v) is 7.82. The maximum atomic E-state index is 10.1. The summed E-state index contributed by atoms with van der Waals surface area (Å²) in [5, 5.41) is 10.1. The van der Waals surface area contributed by atoms with Crippen molar-refractivity contribution in [2.45, 2.75) is 78.6 Å². The van der Waals surface area contributed by atoms with Crippen LogP contribution in [0.4, 0.5) is 0 Å². The molecule has 3 nitrogen and oxygen atoms in total. The van der Waals surface area contributed by atoms with Crippen LogP contribution in [0.2, 0.25) is 0 Å². The standard InChI is InChI=1S/C16H32O3/c1-6-16(4,5)13-8-9-14(17)15(10-13)19-12(3)11-18-7-2/h12-15,17H,6-11H2,1-5H3. The number of hydrogen-bond acceptors (Lipinski definition) is 3. The van der Waals surface area contributed by atoms with Crippen LogP contribution in [0.1, 0.15) is 60.3 Å². The third-order valence-corrected chi connectivity index (χ3v) is 4.74. The van der Waals surface area contributed by atoms with Gasteiger partial charge in [-0.2, -0.15) is 0 Å². The molecule has 0 amide bonds. The van der Waals surface area contributed by atoms with Crippen LogP contribution in [0.15, 0.2) is 0 Å². The van der Waals surface area contributed by atoms with Crippen LogP contribution in [0.25, 0.3) is 0 Å². The second-order valence-electron chi connectivity index (χ2n) is 6.56. The van der Waals surface area contributed by atoms with Gasteiger partial charge in [0, 0.05) is 6.61 Å². The fourth-order valence-corrected chi connectivity index (χ4v) is 2.88.